The lowest BCUT2D eigenvalue weighted by molar-refractivity contribution is -0.141. The molecule has 7 nitrogen and oxygen atoms in total. The molecular formula is C9H10ClN5O2. The molecule has 1 aromatic heterocycles. The molecule has 0 spiro atoms. The van der Waals surface area contributed by atoms with Crippen LogP contribution in [0.25, 0.3) is 0 Å². The minimum absolute atomic E-state index is 0.213. The van der Waals surface area contributed by atoms with Gasteiger partial charge in [0.2, 0.25) is 5.96 Å². The summed E-state index contributed by atoms with van der Waals surface area (Å²) in [6.45, 7) is -0.213. The minimum atomic E-state index is -0.681. The predicted octanol–water partition coefficient (Wildman–Crippen LogP) is -0.114. The monoisotopic (exact) mass is 255 g/mol. The number of nitrogens with two attached hydrogens (primary N) is 2. The highest BCUT2D eigenvalue weighted by Crippen LogP contribution is 2.10. The molecule has 0 saturated heterocycles. The van der Waals surface area contributed by atoms with Gasteiger partial charge in [-0.25, -0.2) is 4.79 Å². The summed E-state index contributed by atoms with van der Waals surface area (Å²) in [6.07, 6.45) is 4.46. The van der Waals surface area contributed by atoms with E-state index in [1.165, 1.54) is 12.4 Å². The molecule has 1 heterocycles. The van der Waals surface area contributed by atoms with Crippen molar-refractivity contribution in [2.75, 3.05) is 6.54 Å². The molecule has 0 saturated carbocycles. The molecule has 0 aliphatic heterocycles. The zero-order chi connectivity index (χ0) is 12.7. The first-order chi connectivity index (χ1) is 8.09. The van der Waals surface area contributed by atoms with Crippen LogP contribution < -0.4 is 11.5 Å². The summed E-state index contributed by atoms with van der Waals surface area (Å²) in [5, 5.41) is 3.52. The van der Waals surface area contributed by atoms with Gasteiger partial charge in [-0.3, -0.25) is 9.98 Å². The van der Waals surface area contributed by atoms with Crippen molar-refractivity contribution in [1.82, 2.24) is 4.98 Å². The zero-order valence-electron chi connectivity index (χ0n) is 8.71. The highest BCUT2D eigenvalue weighted by Gasteiger charge is 2.00. The third-order valence-corrected chi connectivity index (χ3v) is 1.82. The van der Waals surface area contributed by atoms with E-state index >= 15 is 0 Å². The van der Waals surface area contributed by atoms with Crippen molar-refractivity contribution in [3.8, 4) is 0 Å². The van der Waals surface area contributed by atoms with Gasteiger partial charge in [-0.15, -0.1) is 0 Å². The van der Waals surface area contributed by atoms with E-state index in [2.05, 4.69) is 20.0 Å². The molecule has 1 rings (SSSR count). The number of pyridine rings is 1. The maximum atomic E-state index is 11.0. The first kappa shape index (κ1) is 12.9. The Labute approximate surface area is 102 Å². The van der Waals surface area contributed by atoms with E-state index < -0.39 is 5.97 Å². The maximum absolute atomic E-state index is 11.0. The van der Waals surface area contributed by atoms with Crippen LogP contribution in [-0.4, -0.2) is 29.7 Å². The fraction of sp³-hybridized carbons (Fsp3) is 0.111. The van der Waals surface area contributed by atoms with Crippen LogP contribution in [0.1, 0.15) is 5.56 Å². The Balaban J connectivity index is 2.48. The van der Waals surface area contributed by atoms with Crippen molar-refractivity contribution >= 4 is 29.7 Å². The first-order valence-corrected chi connectivity index (χ1v) is 4.85. The van der Waals surface area contributed by atoms with E-state index in [0.717, 1.165) is 0 Å². The summed E-state index contributed by atoms with van der Waals surface area (Å²) in [5.74, 6) is -1.01. The number of guanidine groups is 1. The van der Waals surface area contributed by atoms with Gasteiger partial charge in [-0.2, -0.15) is 0 Å². The molecule has 0 atom stereocenters. The molecule has 0 fully saturated rings. The number of oxime groups is 1. The molecule has 90 valence electrons. The van der Waals surface area contributed by atoms with Crippen LogP contribution >= 0.6 is 11.6 Å². The highest BCUT2D eigenvalue weighted by molar-refractivity contribution is 6.32. The van der Waals surface area contributed by atoms with Gasteiger partial charge in [-0.05, 0) is 11.2 Å². The maximum Gasteiger partial charge on any atom is 0.356 e. The van der Waals surface area contributed by atoms with Gasteiger partial charge in [0.15, 0.2) is 0 Å². The van der Waals surface area contributed by atoms with E-state index in [1.807, 2.05) is 0 Å². The van der Waals surface area contributed by atoms with Crippen LogP contribution in [0.5, 0.6) is 0 Å². The molecule has 0 aliphatic rings. The number of nitrogens with zero attached hydrogens (tertiary/aromatic N) is 3. The Hall–Kier alpha value is -2.15. The number of aliphatic imine (C=N–C) groups is 1. The van der Waals surface area contributed by atoms with E-state index in [0.29, 0.717) is 10.6 Å². The van der Waals surface area contributed by atoms with Gasteiger partial charge in [0.1, 0.15) is 6.54 Å². The van der Waals surface area contributed by atoms with Crippen LogP contribution in [0, 0.1) is 0 Å². The lowest BCUT2D eigenvalue weighted by Crippen LogP contribution is -2.23. The topological polar surface area (TPSA) is 116 Å². The Morgan fingerprint density at radius 2 is 2.35 bits per heavy atom. The predicted molar refractivity (Wildman–Crippen MR) is 63.6 cm³/mol. The molecule has 1 aromatic rings. The fourth-order valence-corrected chi connectivity index (χ4v) is 1.01. The van der Waals surface area contributed by atoms with Crippen molar-refractivity contribution in [1.29, 1.82) is 0 Å². The molecule has 4 N–H and O–H groups in total. The summed E-state index contributed by atoms with van der Waals surface area (Å²) in [4.78, 5) is 23.0. The second kappa shape index (κ2) is 6.44. The number of aromatic nitrogens is 1. The van der Waals surface area contributed by atoms with Crippen LogP contribution in [0.15, 0.2) is 28.6 Å². The summed E-state index contributed by atoms with van der Waals surface area (Å²) < 4.78 is 0. The Kier molecular flexibility index (Phi) is 4.89. The zero-order valence-corrected chi connectivity index (χ0v) is 9.46. The van der Waals surface area contributed by atoms with Crippen molar-refractivity contribution in [3.63, 3.8) is 0 Å². The second-order valence-electron chi connectivity index (χ2n) is 2.85. The number of rotatable bonds is 4. The molecular weight excluding hydrogens is 246 g/mol. The van der Waals surface area contributed by atoms with Gasteiger partial charge >= 0.3 is 5.97 Å². The van der Waals surface area contributed by atoms with E-state index in [9.17, 15) is 4.79 Å². The summed E-state index contributed by atoms with van der Waals surface area (Å²) >= 11 is 5.82. The van der Waals surface area contributed by atoms with Crippen molar-refractivity contribution in [2.24, 2.45) is 21.6 Å². The third kappa shape index (κ3) is 4.94. The molecule has 0 aromatic carbocycles. The Morgan fingerprint density at radius 1 is 1.59 bits per heavy atom. The SMILES string of the molecule is NC(N)=NOC(=O)CN=Cc1ccncc1Cl. The molecule has 8 heteroatoms. The van der Waals surface area contributed by atoms with Crippen LogP contribution in [0.4, 0.5) is 0 Å². The number of halogens is 1. The lowest BCUT2D eigenvalue weighted by Gasteiger charge is -1.96. The summed E-state index contributed by atoms with van der Waals surface area (Å²) in [7, 11) is 0. The molecule has 0 unspecified atom stereocenters. The van der Waals surface area contributed by atoms with Gasteiger partial charge in [-0.1, -0.05) is 11.6 Å². The van der Waals surface area contributed by atoms with Crippen molar-refractivity contribution in [2.45, 2.75) is 0 Å². The summed E-state index contributed by atoms with van der Waals surface area (Å²) in [5.41, 5.74) is 10.6. The largest absolute Gasteiger partial charge is 0.367 e. The Bertz CT molecular complexity index is 456. The number of carbonyl (C=O) groups is 1. The molecule has 0 amide bonds. The van der Waals surface area contributed by atoms with E-state index in [4.69, 9.17) is 23.1 Å². The lowest BCUT2D eigenvalue weighted by atomic mass is 10.3. The number of hydrogen-bond acceptors (Lipinski definition) is 5. The Morgan fingerprint density at radius 3 is 3.00 bits per heavy atom. The van der Waals surface area contributed by atoms with Crippen LogP contribution in [0.3, 0.4) is 0 Å². The van der Waals surface area contributed by atoms with Crippen LogP contribution in [-0.2, 0) is 9.63 Å². The molecule has 0 aliphatic carbocycles. The number of carbonyl (C=O) groups excluding carboxylic acids is 1. The van der Waals surface area contributed by atoms with Crippen molar-refractivity contribution in [3.05, 3.63) is 29.0 Å². The molecule has 0 bridgehead atoms. The van der Waals surface area contributed by atoms with Gasteiger partial charge in [0.05, 0.1) is 5.02 Å². The normalized spacial score (nSPS) is 10.2. The first-order valence-electron chi connectivity index (χ1n) is 4.47. The average molecular weight is 256 g/mol. The van der Waals surface area contributed by atoms with E-state index in [1.54, 1.807) is 12.3 Å². The third-order valence-electron chi connectivity index (χ3n) is 1.51. The second-order valence-corrected chi connectivity index (χ2v) is 3.25. The standard InChI is InChI=1S/C9H10ClN5O2/c10-7-4-13-2-1-6(7)3-14-5-8(16)17-15-9(11)12/h1-4H,5H2,(H4,11,12,15). The summed E-state index contributed by atoms with van der Waals surface area (Å²) in [6, 6.07) is 1.66. The fourth-order valence-electron chi connectivity index (χ4n) is 0.842. The van der Waals surface area contributed by atoms with Gasteiger partial charge in [0.25, 0.3) is 0 Å². The smallest absolute Gasteiger partial charge is 0.356 e. The quantitative estimate of drug-likeness (QED) is 0.337. The average Bonchev–Trinajstić information content (AvgIpc) is 2.29. The van der Waals surface area contributed by atoms with Crippen molar-refractivity contribution < 1.29 is 9.63 Å². The highest BCUT2D eigenvalue weighted by atomic mass is 35.5. The van der Waals surface area contributed by atoms with Gasteiger partial charge < -0.3 is 16.3 Å². The van der Waals surface area contributed by atoms with Crippen LogP contribution in [0.2, 0.25) is 5.02 Å². The molecule has 17 heavy (non-hydrogen) atoms. The minimum Gasteiger partial charge on any atom is -0.367 e. The van der Waals surface area contributed by atoms with Gasteiger partial charge in [0, 0.05) is 24.2 Å². The van der Waals surface area contributed by atoms with E-state index in [-0.39, 0.29) is 12.5 Å². The number of hydrogen-bond donors (Lipinski definition) is 2. The molecule has 0 radical (unpaired) electrons.